The maximum atomic E-state index is 12.1. The first-order chi connectivity index (χ1) is 9.60. The summed E-state index contributed by atoms with van der Waals surface area (Å²) in [6.07, 6.45) is 2.18. The van der Waals surface area contributed by atoms with Crippen LogP contribution in [0.3, 0.4) is 0 Å². The zero-order chi connectivity index (χ0) is 14.5. The van der Waals surface area contributed by atoms with E-state index in [-0.39, 0.29) is 12.1 Å². The summed E-state index contributed by atoms with van der Waals surface area (Å²) in [7, 11) is 0.387. The number of carbonyl (C=O) groups excluding carboxylic acids is 1. The van der Waals surface area contributed by atoms with Crippen LogP contribution < -0.4 is 0 Å². The van der Waals surface area contributed by atoms with E-state index in [9.17, 15) is 9.00 Å². The summed E-state index contributed by atoms with van der Waals surface area (Å²) in [6, 6.07) is 5.20. The van der Waals surface area contributed by atoms with Crippen molar-refractivity contribution in [2.24, 2.45) is 0 Å². The molecule has 0 N–H and O–H groups in total. The molecule has 0 saturated carbocycles. The zero-order valence-corrected chi connectivity index (χ0v) is 13.7. The van der Waals surface area contributed by atoms with E-state index >= 15 is 0 Å². The van der Waals surface area contributed by atoms with Crippen LogP contribution in [0.2, 0.25) is 0 Å². The molecule has 2 rings (SSSR count). The van der Waals surface area contributed by atoms with Gasteiger partial charge in [-0.3, -0.25) is 4.21 Å². The maximum absolute atomic E-state index is 12.1. The molecule has 0 aliphatic carbocycles. The zero-order valence-electron chi connectivity index (χ0n) is 11.3. The lowest BCUT2D eigenvalue weighted by Crippen LogP contribution is -2.16. The maximum Gasteiger partial charge on any atom is 0.337 e. The van der Waals surface area contributed by atoms with Crippen molar-refractivity contribution in [1.82, 2.24) is 0 Å². The van der Waals surface area contributed by atoms with Crippen LogP contribution in [0.4, 0.5) is 0 Å². The van der Waals surface area contributed by atoms with Crippen LogP contribution in [-0.4, -0.2) is 35.8 Å². The fraction of sp³-hybridized carbons (Fsp3) is 0.500. The van der Waals surface area contributed by atoms with Gasteiger partial charge in [-0.1, -0.05) is 22.0 Å². The molecule has 1 aromatic carbocycles. The van der Waals surface area contributed by atoms with Crippen LogP contribution in [0.1, 0.15) is 28.8 Å². The molecule has 0 bridgehead atoms. The smallest absolute Gasteiger partial charge is 0.337 e. The molecule has 20 heavy (non-hydrogen) atoms. The van der Waals surface area contributed by atoms with Crippen molar-refractivity contribution >= 4 is 32.7 Å². The Bertz CT molecular complexity index is 512. The lowest BCUT2D eigenvalue weighted by molar-refractivity contribution is 0.0600. The molecule has 6 heteroatoms. The van der Waals surface area contributed by atoms with Gasteiger partial charge in [0.25, 0.3) is 0 Å². The summed E-state index contributed by atoms with van der Waals surface area (Å²) < 4.78 is 23.0. The normalized spacial score (nSPS) is 19.8. The number of hydrogen-bond acceptors (Lipinski definition) is 4. The standard InChI is InChI=1S/C14H17BrO4S/c1-18-14(16)10-4-5-11(13(15)7-10)8-20(17)9-12-3-2-6-19-12/h4-5,7,12H,2-3,6,8-9H2,1H3. The molecule has 0 spiro atoms. The molecule has 1 aliphatic rings. The highest BCUT2D eigenvalue weighted by molar-refractivity contribution is 9.10. The Labute approximate surface area is 129 Å². The predicted octanol–water partition coefficient (Wildman–Crippen LogP) is 2.66. The molecule has 0 amide bonds. The van der Waals surface area contributed by atoms with Crippen LogP contribution in [0.15, 0.2) is 22.7 Å². The summed E-state index contributed by atoms with van der Waals surface area (Å²) in [5, 5.41) is 0. The van der Waals surface area contributed by atoms with Gasteiger partial charge < -0.3 is 9.47 Å². The molecule has 4 nitrogen and oxygen atoms in total. The summed E-state index contributed by atoms with van der Waals surface area (Å²) >= 11 is 3.41. The van der Waals surface area contributed by atoms with E-state index in [4.69, 9.17) is 4.74 Å². The van der Waals surface area contributed by atoms with Gasteiger partial charge in [-0.2, -0.15) is 0 Å². The van der Waals surface area contributed by atoms with Gasteiger partial charge in [-0.25, -0.2) is 4.79 Å². The Morgan fingerprint density at radius 1 is 1.55 bits per heavy atom. The molecule has 0 radical (unpaired) electrons. The van der Waals surface area contributed by atoms with E-state index in [1.54, 1.807) is 12.1 Å². The number of hydrogen-bond donors (Lipinski definition) is 0. The summed E-state index contributed by atoms with van der Waals surface area (Å²) in [5.74, 6) is 0.658. The Hall–Kier alpha value is -0.720. The second-order valence-corrected chi connectivity index (χ2v) is 7.04. The van der Waals surface area contributed by atoms with E-state index in [2.05, 4.69) is 20.7 Å². The Balaban J connectivity index is 1.98. The number of ether oxygens (including phenoxy) is 2. The minimum atomic E-state index is -0.961. The number of carbonyl (C=O) groups is 1. The Kier molecular flexibility index (Phi) is 5.74. The highest BCUT2D eigenvalue weighted by atomic mass is 79.9. The summed E-state index contributed by atoms with van der Waals surface area (Å²) in [6.45, 7) is 0.777. The fourth-order valence-corrected chi connectivity index (χ4v) is 4.22. The second-order valence-electron chi connectivity index (χ2n) is 4.68. The molecule has 0 aromatic heterocycles. The highest BCUT2D eigenvalue weighted by Gasteiger charge is 2.19. The molecule has 1 saturated heterocycles. The quantitative estimate of drug-likeness (QED) is 0.757. The second kappa shape index (κ2) is 7.33. The number of rotatable bonds is 5. The third kappa shape index (κ3) is 4.14. The monoisotopic (exact) mass is 360 g/mol. The van der Waals surface area contributed by atoms with Crippen molar-refractivity contribution in [1.29, 1.82) is 0 Å². The minimum Gasteiger partial charge on any atom is -0.465 e. The first-order valence-electron chi connectivity index (χ1n) is 6.43. The average molecular weight is 361 g/mol. The van der Waals surface area contributed by atoms with Crippen molar-refractivity contribution in [3.05, 3.63) is 33.8 Å². The topological polar surface area (TPSA) is 52.6 Å². The van der Waals surface area contributed by atoms with E-state index in [1.165, 1.54) is 7.11 Å². The SMILES string of the molecule is COC(=O)c1ccc(CS(=O)CC2CCCO2)c(Br)c1. The van der Waals surface area contributed by atoms with Crippen molar-refractivity contribution in [3.8, 4) is 0 Å². The molecule has 2 atom stereocenters. The Morgan fingerprint density at radius 2 is 2.35 bits per heavy atom. The molecule has 1 heterocycles. The van der Waals surface area contributed by atoms with Crippen LogP contribution in [0, 0.1) is 0 Å². The number of benzene rings is 1. The van der Waals surface area contributed by atoms with Crippen LogP contribution in [-0.2, 0) is 26.0 Å². The number of methoxy groups -OCH3 is 1. The van der Waals surface area contributed by atoms with Crippen molar-refractivity contribution in [2.45, 2.75) is 24.7 Å². The van der Waals surface area contributed by atoms with Gasteiger partial charge in [-0.05, 0) is 30.5 Å². The molecular weight excluding hydrogens is 344 g/mol. The third-order valence-corrected chi connectivity index (χ3v) is 5.30. The van der Waals surface area contributed by atoms with E-state index < -0.39 is 10.8 Å². The summed E-state index contributed by atoms with van der Waals surface area (Å²) in [4.78, 5) is 11.4. The largest absolute Gasteiger partial charge is 0.465 e. The van der Waals surface area contributed by atoms with Crippen LogP contribution >= 0.6 is 15.9 Å². The average Bonchev–Trinajstić information content (AvgIpc) is 2.93. The number of esters is 1. The minimum absolute atomic E-state index is 0.129. The summed E-state index contributed by atoms with van der Waals surface area (Å²) in [5.41, 5.74) is 1.40. The van der Waals surface area contributed by atoms with E-state index in [1.807, 2.05) is 6.07 Å². The molecule has 110 valence electrons. The van der Waals surface area contributed by atoms with Gasteiger partial charge in [0.05, 0.1) is 24.5 Å². The fourth-order valence-electron chi connectivity index (χ4n) is 2.12. The van der Waals surface area contributed by atoms with Gasteiger partial charge in [0.15, 0.2) is 0 Å². The third-order valence-electron chi connectivity index (χ3n) is 3.19. The van der Waals surface area contributed by atoms with E-state index in [0.29, 0.717) is 17.1 Å². The molecule has 1 aromatic rings. The van der Waals surface area contributed by atoms with E-state index in [0.717, 1.165) is 29.5 Å². The molecule has 2 unspecified atom stereocenters. The van der Waals surface area contributed by atoms with Gasteiger partial charge in [0.1, 0.15) is 0 Å². The first-order valence-corrected chi connectivity index (χ1v) is 8.71. The van der Waals surface area contributed by atoms with Gasteiger partial charge >= 0.3 is 5.97 Å². The van der Waals surface area contributed by atoms with Crippen molar-refractivity contribution in [3.63, 3.8) is 0 Å². The number of halogens is 1. The molecule has 1 aliphatic heterocycles. The van der Waals surface area contributed by atoms with Gasteiger partial charge in [0, 0.05) is 27.6 Å². The predicted molar refractivity (Wildman–Crippen MR) is 81.2 cm³/mol. The molecular formula is C14H17BrO4S. The highest BCUT2D eigenvalue weighted by Crippen LogP contribution is 2.22. The molecule has 1 fully saturated rings. The lowest BCUT2D eigenvalue weighted by atomic mass is 10.1. The van der Waals surface area contributed by atoms with Gasteiger partial charge in [0.2, 0.25) is 0 Å². The van der Waals surface area contributed by atoms with Crippen LogP contribution in [0.5, 0.6) is 0 Å². The van der Waals surface area contributed by atoms with Gasteiger partial charge in [-0.15, -0.1) is 0 Å². The van der Waals surface area contributed by atoms with Crippen LogP contribution in [0.25, 0.3) is 0 Å². The lowest BCUT2D eigenvalue weighted by Gasteiger charge is -2.10. The Morgan fingerprint density at radius 3 is 2.95 bits per heavy atom. The first kappa shape index (κ1) is 15.7. The van der Waals surface area contributed by atoms with Crippen molar-refractivity contribution < 1.29 is 18.5 Å². The van der Waals surface area contributed by atoms with Crippen molar-refractivity contribution in [2.75, 3.05) is 19.5 Å².